The summed E-state index contributed by atoms with van der Waals surface area (Å²) >= 11 is 0. The summed E-state index contributed by atoms with van der Waals surface area (Å²) in [5.41, 5.74) is 0.0730. The third kappa shape index (κ3) is 4.08. The van der Waals surface area contributed by atoms with Crippen LogP contribution >= 0.6 is 0 Å². The van der Waals surface area contributed by atoms with E-state index in [-0.39, 0.29) is 29.8 Å². The number of aromatic nitrogens is 2. The van der Waals surface area contributed by atoms with Gasteiger partial charge in [-0.25, -0.2) is 0 Å². The van der Waals surface area contributed by atoms with Gasteiger partial charge < -0.3 is 10.2 Å². The quantitative estimate of drug-likeness (QED) is 0.879. The van der Waals surface area contributed by atoms with E-state index in [4.69, 9.17) is 0 Å². The standard InChI is InChI=1S/C14H22N4O2/c1-14(2,3)10-17-8-11(7-13(17)20)16-12(19)9-18-6-4-5-15-18/h4-6,11H,7-10H2,1-3H3,(H,16,19). The van der Waals surface area contributed by atoms with Gasteiger partial charge in [-0.15, -0.1) is 0 Å². The molecule has 1 aliphatic rings. The van der Waals surface area contributed by atoms with Crippen LogP contribution in [0, 0.1) is 5.41 Å². The molecule has 0 radical (unpaired) electrons. The van der Waals surface area contributed by atoms with Gasteiger partial charge >= 0.3 is 0 Å². The second kappa shape index (κ2) is 5.64. The first-order valence-corrected chi connectivity index (χ1v) is 6.88. The number of amides is 2. The van der Waals surface area contributed by atoms with Crippen molar-refractivity contribution >= 4 is 11.8 Å². The molecule has 6 heteroatoms. The van der Waals surface area contributed by atoms with Gasteiger partial charge in [0.2, 0.25) is 11.8 Å². The molecule has 0 aliphatic carbocycles. The van der Waals surface area contributed by atoms with Crippen LogP contribution in [0.2, 0.25) is 0 Å². The van der Waals surface area contributed by atoms with Crippen molar-refractivity contribution in [2.75, 3.05) is 13.1 Å². The third-order valence-corrected chi connectivity index (χ3v) is 3.11. The van der Waals surface area contributed by atoms with E-state index in [1.54, 1.807) is 23.1 Å². The van der Waals surface area contributed by atoms with Gasteiger partial charge in [0.05, 0.1) is 6.04 Å². The number of nitrogens with zero attached hydrogens (tertiary/aromatic N) is 3. The van der Waals surface area contributed by atoms with Crippen LogP contribution in [0.5, 0.6) is 0 Å². The minimum Gasteiger partial charge on any atom is -0.349 e. The highest BCUT2D eigenvalue weighted by atomic mass is 16.2. The van der Waals surface area contributed by atoms with E-state index in [9.17, 15) is 9.59 Å². The van der Waals surface area contributed by atoms with Crippen molar-refractivity contribution in [1.82, 2.24) is 20.0 Å². The number of rotatable bonds is 4. The van der Waals surface area contributed by atoms with Crippen LogP contribution in [0.25, 0.3) is 0 Å². The molecule has 1 fully saturated rings. The van der Waals surface area contributed by atoms with Crippen LogP contribution in [0.15, 0.2) is 18.5 Å². The molecule has 0 saturated carbocycles. The van der Waals surface area contributed by atoms with Crippen molar-refractivity contribution in [3.05, 3.63) is 18.5 Å². The van der Waals surface area contributed by atoms with Crippen molar-refractivity contribution in [2.24, 2.45) is 5.41 Å². The van der Waals surface area contributed by atoms with Gasteiger partial charge in [0.1, 0.15) is 6.54 Å². The maximum atomic E-state index is 11.9. The van der Waals surface area contributed by atoms with Crippen LogP contribution in [0.3, 0.4) is 0 Å². The van der Waals surface area contributed by atoms with E-state index in [0.717, 1.165) is 6.54 Å². The minimum atomic E-state index is -0.107. The molecule has 110 valence electrons. The van der Waals surface area contributed by atoms with Crippen molar-refractivity contribution in [3.63, 3.8) is 0 Å². The van der Waals surface area contributed by atoms with Gasteiger partial charge in [-0.1, -0.05) is 20.8 Å². The summed E-state index contributed by atoms with van der Waals surface area (Å²) in [4.78, 5) is 25.6. The normalized spacial score (nSPS) is 19.4. The first kappa shape index (κ1) is 14.6. The first-order valence-electron chi connectivity index (χ1n) is 6.88. The van der Waals surface area contributed by atoms with Gasteiger partial charge in [0, 0.05) is 31.9 Å². The van der Waals surface area contributed by atoms with Gasteiger partial charge in [0.25, 0.3) is 0 Å². The maximum absolute atomic E-state index is 11.9. The first-order chi connectivity index (χ1) is 9.33. The largest absolute Gasteiger partial charge is 0.349 e. The van der Waals surface area contributed by atoms with Crippen LogP contribution in [-0.4, -0.2) is 45.6 Å². The fraction of sp³-hybridized carbons (Fsp3) is 0.643. The Bertz CT molecular complexity index is 476. The summed E-state index contributed by atoms with van der Waals surface area (Å²) in [6, 6.07) is 1.69. The third-order valence-electron chi connectivity index (χ3n) is 3.11. The number of likely N-dealkylation sites (tertiary alicyclic amines) is 1. The summed E-state index contributed by atoms with van der Waals surface area (Å²) in [6.07, 6.45) is 3.77. The van der Waals surface area contributed by atoms with Crippen LogP contribution in [0.4, 0.5) is 0 Å². The number of nitrogens with one attached hydrogen (secondary N) is 1. The molecular weight excluding hydrogens is 256 g/mol. The summed E-state index contributed by atoms with van der Waals surface area (Å²) in [5.74, 6) is 0.00780. The highest BCUT2D eigenvalue weighted by Crippen LogP contribution is 2.20. The second-order valence-corrected chi connectivity index (χ2v) is 6.51. The Kier molecular flexibility index (Phi) is 4.11. The molecule has 1 unspecified atom stereocenters. The molecule has 2 heterocycles. The molecule has 1 aliphatic heterocycles. The molecule has 1 aromatic rings. The molecule has 20 heavy (non-hydrogen) atoms. The second-order valence-electron chi connectivity index (χ2n) is 6.51. The molecule has 1 aromatic heterocycles. The monoisotopic (exact) mass is 278 g/mol. The van der Waals surface area contributed by atoms with Crippen LogP contribution < -0.4 is 5.32 Å². The van der Waals surface area contributed by atoms with E-state index in [1.807, 2.05) is 4.90 Å². The summed E-state index contributed by atoms with van der Waals surface area (Å²) in [7, 11) is 0. The lowest BCUT2D eigenvalue weighted by Gasteiger charge is -2.26. The summed E-state index contributed by atoms with van der Waals surface area (Å²) in [5, 5.41) is 6.89. The van der Waals surface area contributed by atoms with Gasteiger partial charge in [-0.05, 0) is 11.5 Å². The number of hydrogen-bond donors (Lipinski definition) is 1. The summed E-state index contributed by atoms with van der Waals surface area (Å²) < 4.78 is 1.57. The molecule has 0 aromatic carbocycles. The molecular formula is C14H22N4O2. The van der Waals surface area contributed by atoms with Gasteiger partial charge in [0.15, 0.2) is 0 Å². The Morgan fingerprint density at radius 3 is 2.85 bits per heavy atom. The van der Waals surface area contributed by atoms with E-state index in [2.05, 4.69) is 31.2 Å². The van der Waals surface area contributed by atoms with Crippen molar-refractivity contribution in [1.29, 1.82) is 0 Å². The minimum absolute atomic E-state index is 0.0730. The van der Waals surface area contributed by atoms with E-state index < -0.39 is 0 Å². The number of carbonyl (C=O) groups excluding carboxylic acids is 2. The van der Waals surface area contributed by atoms with Crippen molar-refractivity contribution in [3.8, 4) is 0 Å². The zero-order valence-corrected chi connectivity index (χ0v) is 12.3. The zero-order chi connectivity index (χ0) is 14.8. The van der Waals surface area contributed by atoms with Crippen molar-refractivity contribution < 1.29 is 9.59 Å². The molecule has 0 bridgehead atoms. The topological polar surface area (TPSA) is 67.2 Å². The highest BCUT2D eigenvalue weighted by Gasteiger charge is 2.32. The van der Waals surface area contributed by atoms with Gasteiger partial charge in [-0.2, -0.15) is 5.10 Å². The Hall–Kier alpha value is -1.85. The Labute approximate surface area is 119 Å². The average molecular weight is 278 g/mol. The smallest absolute Gasteiger partial charge is 0.242 e. The predicted molar refractivity (Wildman–Crippen MR) is 74.8 cm³/mol. The molecule has 1 atom stereocenters. The highest BCUT2D eigenvalue weighted by molar-refractivity contribution is 5.82. The lowest BCUT2D eigenvalue weighted by atomic mass is 9.96. The predicted octanol–water partition coefficient (Wildman–Crippen LogP) is 0.646. The van der Waals surface area contributed by atoms with Crippen LogP contribution in [0.1, 0.15) is 27.2 Å². The maximum Gasteiger partial charge on any atom is 0.242 e. The SMILES string of the molecule is CC(C)(C)CN1CC(NC(=O)Cn2cccn2)CC1=O. The molecule has 2 amide bonds. The Morgan fingerprint density at radius 1 is 1.50 bits per heavy atom. The number of hydrogen-bond acceptors (Lipinski definition) is 3. The Morgan fingerprint density at radius 2 is 2.25 bits per heavy atom. The average Bonchev–Trinajstić information content (AvgIpc) is 2.88. The molecule has 2 rings (SSSR count). The van der Waals surface area contributed by atoms with Crippen LogP contribution in [-0.2, 0) is 16.1 Å². The summed E-state index contributed by atoms with van der Waals surface area (Å²) in [6.45, 7) is 7.81. The fourth-order valence-corrected chi connectivity index (χ4v) is 2.41. The Balaban J connectivity index is 1.83. The zero-order valence-electron chi connectivity index (χ0n) is 12.3. The molecule has 0 spiro atoms. The van der Waals surface area contributed by atoms with E-state index in [1.165, 1.54) is 0 Å². The van der Waals surface area contributed by atoms with Gasteiger partial charge in [-0.3, -0.25) is 14.3 Å². The van der Waals surface area contributed by atoms with E-state index >= 15 is 0 Å². The molecule has 6 nitrogen and oxygen atoms in total. The lowest BCUT2D eigenvalue weighted by Crippen LogP contribution is -2.40. The lowest BCUT2D eigenvalue weighted by molar-refractivity contribution is -0.128. The fourth-order valence-electron chi connectivity index (χ4n) is 2.41. The van der Waals surface area contributed by atoms with E-state index in [0.29, 0.717) is 13.0 Å². The molecule has 1 N–H and O–H groups in total. The van der Waals surface area contributed by atoms with Crippen molar-refractivity contribution in [2.45, 2.75) is 39.8 Å². The number of carbonyl (C=O) groups is 2. The molecule has 1 saturated heterocycles.